The first-order chi connectivity index (χ1) is 8.56. The molecule has 2 bridgehead atoms. The molecule has 1 aromatic carbocycles. The molecule has 2 saturated heterocycles. The summed E-state index contributed by atoms with van der Waals surface area (Å²) in [5.74, 6) is -0.837. The van der Waals surface area contributed by atoms with Gasteiger partial charge in [-0.2, -0.15) is 0 Å². The van der Waals surface area contributed by atoms with Crippen molar-refractivity contribution in [3.8, 4) is 0 Å². The number of anilines is 1. The first-order valence-corrected chi connectivity index (χ1v) is 6.37. The van der Waals surface area contributed by atoms with Crippen molar-refractivity contribution in [2.45, 2.75) is 25.4 Å². The molecule has 0 saturated carbocycles. The highest BCUT2D eigenvalue weighted by Gasteiger charge is 2.41. The maximum atomic E-state index is 11.2. The number of likely N-dealkylation sites (N-methyl/N-ethyl adjacent to an activating group) is 1. The van der Waals surface area contributed by atoms with Crippen LogP contribution < -0.4 is 4.90 Å². The lowest BCUT2D eigenvalue weighted by molar-refractivity contribution is 0.0696. The number of carbonyl (C=O) groups is 1. The molecule has 1 aromatic rings. The Morgan fingerprint density at radius 2 is 2.11 bits per heavy atom. The van der Waals surface area contributed by atoms with Crippen LogP contribution in [0.2, 0.25) is 0 Å². The minimum atomic E-state index is -0.837. The molecule has 2 aliphatic heterocycles. The second-order valence-corrected chi connectivity index (χ2v) is 5.44. The Balaban J connectivity index is 1.90. The Bertz CT molecular complexity index is 499. The molecule has 0 aromatic heterocycles. The van der Waals surface area contributed by atoms with Crippen LogP contribution in [0, 0.1) is 6.92 Å². The third-order valence-corrected chi connectivity index (χ3v) is 4.30. The summed E-state index contributed by atoms with van der Waals surface area (Å²) in [7, 11) is 2.17. The summed E-state index contributed by atoms with van der Waals surface area (Å²) in [6.45, 7) is 3.95. The average Bonchev–Trinajstić information content (AvgIpc) is 2.88. The normalized spacial score (nSPS) is 26.9. The van der Waals surface area contributed by atoms with E-state index < -0.39 is 5.97 Å². The summed E-state index contributed by atoms with van der Waals surface area (Å²) in [5.41, 5.74) is 2.30. The molecule has 2 aliphatic rings. The minimum Gasteiger partial charge on any atom is -0.478 e. The number of aryl methyl sites for hydroxylation is 1. The molecule has 0 unspecified atom stereocenters. The van der Waals surface area contributed by atoms with Gasteiger partial charge in [-0.1, -0.05) is 6.07 Å². The highest BCUT2D eigenvalue weighted by atomic mass is 16.4. The van der Waals surface area contributed by atoms with E-state index in [9.17, 15) is 9.90 Å². The van der Waals surface area contributed by atoms with Crippen LogP contribution in [0.3, 0.4) is 0 Å². The van der Waals surface area contributed by atoms with Crippen LogP contribution in [0.1, 0.15) is 22.3 Å². The topological polar surface area (TPSA) is 43.8 Å². The fourth-order valence-electron chi connectivity index (χ4n) is 3.20. The first-order valence-electron chi connectivity index (χ1n) is 6.37. The fraction of sp³-hybridized carbons (Fsp3) is 0.500. The number of hydrogen-bond acceptors (Lipinski definition) is 3. The monoisotopic (exact) mass is 246 g/mol. The second kappa shape index (κ2) is 3.99. The largest absolute Gasteiger partial charge is 0.478 e. The molecule has 4 heteroatoms. The van der Waals surface area contributed by atoms with Crippen molar-refractivity contribution in [3.05, 3.63) is 29.3 Å². The Labute approximate surface area is 107 Å². The fourth-order valence-corrected chi connectivity index (χ4v) is 3.20. The minimum absolute atomic E-state index is 0.420. The molecule has 1 N–H and O–H groups in total. The van der Waals surface area contributed by atoms with Gasteiger partial charge in [0.1, 0.15) is 0 Å². The van der Waals surface area contributed by atoms with Crippen LogP contribution in [0.15, 0.2) is 18.2 Å². The van der Waals surface area contributed by atoms with Gasteiger partial charge in [0.15, 0.2) is 0 Å². The number of fused-ring (bicyclic) bond motifs is 2. The number of hydrogen-bond donors (Lipinski definition) is 1. The molecule has 0 radical (unpaired) electrons. The molecular weight excluding hydrogens is 228 g/mol. The zero-order valence-electron chi connectivity index (χ0n) is 10.8. The summed E-state index contributed by atoms with van der Waals surface area (Å²) in [6.07, 6.45) is 1.20. The summed E-state index contributed by atoms with van der Waals surface area (Å²) in [6, 6.07) is 6.95. The summed E-state index contributed by atoms with van der Waals surface area (Å²) in [5, 5.41) is 9.18. The van der Waals surface area contributed by atoms with Gasteiger partial charge in [-0.15, -0.1) is 0 Å². The van der Waals surface area contributed by atoms with Crippen LogP contribution in [0.5, 0.6) is 0 Å². The van der Waals surface area contributed by atoms with Gasteiger partial charge in [0.25, 0.3) is 0 Å². The van der Waals surface area contributed by atoms with E-state index in [1.807, 2.05) is 25.1 Å². The second-order valence-electron chi connectivity index (χ2n) is 5.44. The van der Waals surface area contributed by atoms with E-state index in [1.54, 1.807) is 0 Å². The first kappa shape index (κ1) is 11.5. The third-order valence-electron chi connectivity index (χ3n) is 4.30. The van der Waals surface area contributed by atoms with Gasteiger partial charge in [-0.25, -0.2) is 4.79 Å². The molecular formula is C14H18N2O2. The van der Waals surface area contributed by atoms with E-state index in [1.165, 1.54) is 6.42 Å². The predicted octanol–water partition coefficient (Wildman–Crippen LogP) is 1.59. The SMILES string of the molecule is Cc1ccc(N2C[C@H]3C[C@@H]2CN3C)cc1C(=O)O. The summed E-state index contributed by atoms with van der Waals surface area (Å²) in [4.78, 5) is 15.9. The van der Waals surface area contributed by atoms with E-state index in [-0.39, 0.29) is 0 Å². The van der Waals surface area contributed by atoms with Crippen LogP contribution in [0.4, 0.5) is 5.69 Å². The molecule has 2 atom stereocenters. The van der Waals surface area contributed by atoms with Crippen molar-refractivity contribution in [1.29, 1.82) is 0 Å². The van der Waals surface area contributed by atoms with Crippen molar-refractivity contribution in [1.82, 2.24) is 4.90 Å². The zero-order valence-corrected chi connectivity index (χ0v) is 10.8. The summed E-state index contributed by atoms with van der Waals surface area (Å²) >= 11 is 0. The quantitative estimate of drug-likeness (QED) is 0.860. The van der Waals surface area contributed by atoms with Gasteiger partial charge in [-0.3, -0.25) is 4.90 Å². The van der Waals surface area contributed by atoms with Gasteiger partial charge in [-0.05, 0) is 38.1 Å². The number of piperazine rings is 1. The molecule has 0 spiro atoms. The Morgan fingerprint density at radius 1 is 1.33 bits per heavy atom. The summed E-state index contributed by atoms with van der Waals surface area (Å²) < 4.78 is 0. The molecule has 0 amide bonds. The lowest BCUT2D eigenvalue weighted by Gasteiger charge is -2.33. The molecule has 4 nitrogen and oxygen atoms in total. The van der Waals surface area contributed by atoms with Crippen LogP contribution in [0.25, 0.3) is 0 Å². The van der Waals surface area contributed by atoms with Gasteiger partial charge >= 0.3 is 5.97 Å². The number of nitrogens with zero attached hydrogens (tertiary/aromatic N) is 2. The lowest BCUT2D eigenvalue weighted by atomic mass is 10.1. The predicted molar refractivity (Wildman–Crippen MR) is 70.3 cm³/mol. The van der Waals surface area contributed by atoms with Crippen molar-refractivity contribution in [3.63, 3.8) is 0 Å². The van der Waals surface area contributed by atoms with Crippen molar-refractivity contribution in [2.75, 3.05) is 25.0 Å². The third kappa shape index (κ3) is 1.68. The number of benzene rings is 1. The number of likely N-dealkylation sites (tertiary alicyclic amines) is 1. The van der Waals surface area contributed by atoms with Crippen molar-refractivity contribution < 1.29 is 9.90 Å². The lowest BCUT2D eigenvalue weighted by Crippen LogP contribution is -2.44. The van der Waals surface area contributed by atoms with Crippen molar-refractivity contribution >= 4 is 11.7 Å². The van der Waals surface area contributed by atoms with Gasteiger partial charge in [0.2, 0.25) is 0 Å². The highest BCUT2D eigenvalue weighted by molar-refractivity contribution is 5.90. The molecule has 2 heterocycles. The smallest absolute Gasteiger partial charge is 0.336 e. The average molecular weight is 246 g/mol. The number of carboxylic acid groups (broad SMARTS) is 1. The Hall–Kier alpha value is -1.55. The van der Waals surface area contributed by atoms with Gasteiger partial charge < -0.3 is 10.0 Å². The van der Waals surface area contributed by atoms with Crippen LogP contribution in [-0.2, 0) is 0 Å². The van der Waals surface area contributed by atoms with E-state index in [2.05, 4.69) is 16.8 Å². The van der Waals surface area contributed by atoms with E-state index >= 15 is 0 Å². The molecule has 3 rings (SSSR count). The Morgan fingerprint density at radius 3 is 2.67 bits per heavy atom. The standard InChI is InChI=1S/C14H18N2O2/c1-9-3-4-10(6-13(9)14(17)18)16-8-11-5-12(16)7-15(11)2/h3-4,6,11-12H,5,7-8H2,1-2H3,(H,17,18)/t11-,12-/m1/s1. The zero-order chi connectivity index (χ0) is 12.9. The molecule has 18 heavy (non-hydrogen) atoms. The van der Waals surface area contributed by atoms with Crippen LogP contribution >= 0.6 is 0 Å². The Kier molecular flexibility index (Phi) is 2.55. The molecule has 2 fully saturated rings. The van der Waals surface area contributed by atoms with Crippen LogP contribution in [-0.4, -0.2) is 48.2 Å². The highest BCUT2D eigenvalue weighted by Crippen LogP contribution is 2.34. The van der Waals surface area contributed by atoms with E-state index in [0.29, 0.717) is 17.6 Å². The number of aromatic carboxylic acids is 1. The number of carboxylic acids is 1. The maximum Gasteiger partial charge on any atom is 0.336 e. The maximum absolute atomic E-state index is 11.2. The van der Waals surface area contributed by atoms with Crippen molar-refractivity contribution in [2.24, 2.45) is 0 Å². The molecule has 96 valence electrons. The van der Waals surface area contributed by atoms with Gasteiger partial charge in [0.05, 0.1) is 5.56 Å². The van der Waals surface area contributed by atoms with Gasteiger partial charge in [0, 0.05) is 30.9 Å². The molecule has 0 aliphatic carbocycles. The van der Waals surface area contributed by atoms with E-state index in [4.69, 9.17) is 0 Å². The van der Waals surface area contributed by atoms with E-state index in [0.717, 1.165) is 24.3 Å². The number of rotatable bonds is 2.